The van der Waals surface area contributed by atoms with Crippen molar-refractivity contribution in [3.05, 3.63) is 52.8 Å². The van der Waals surface area contributed by atoms with Gasteiger partial charge in [-0.2, -0.15) is 0 Å². The Labute approximate surface area is 130 Å². The van der Waals surface area contributed by atoms with Gasteiger partial charge in [0.1, 0.15) is 17.3 Å². The molecule has 0 spiro atoms. The summed E-state index contributed by atoms with van der Waals surface area (Å²) in [5.74, 6) is 0.415. The highest BCUT2D eigenvalue weighted by molar-refractivity contribution is 9.10. The summed E-state index contributed by atoms with van der Waals surface area (Å²) in [4.78, 5) is 11.7. The topological polar surface area (TPSA) is 47.6 Å². The lowest BCUT2D eigenvalue weighted by Gasteiger charge is -2.10. The number of anilines is 1. The van der Waals surface area contributed by atoms with Gasteiger partial charge in [-0.15, -0.1) is 0 Å². The monoisotopic (exact) mass is 353 g/mol. The van der Waals surface area contributed by atoms with Gasteiger partial charge in [-0.3, -0.25) is 4.79 Å². The van der Waals surface area contributed by atoms with E-state index < -0.39 is 5.82 Å². The average Bonchev–Trinajstić information content (AvgIpc) is 2.46. The number of nitrogens with one attached hydrogen (secondary N) is 1. The van der Waals surface area contributed by atoms with Crippen LogP contribution in [0.3, 0.4) is 0 Å². The minimum absolute atomic E-state index is 0.179. The molecule has 0 aliphatic heterocycles. The molecule has 4 nitrogen and oxygen atoms in total. The first kappa shape index (κ1) is 15.3. The lowest BCUT2D eigenvalue weighted by molar-refractivity contribution is -0.118. The van der Waals surface area contributed by atoms with Crippen molar-refractivity contribution < 1.29 is 18.7 Å². The quantitative estimate of drug-likeness (QED) is 0.892. The van der Waals surface area contributed by atoms with Gasteiger partial charge in [0.05, 0.1) is 11.6 Å². The van der Waals surface area contributed by atoms with Crippen LogP contribution >= 0.6 is 15.9 Å². The van der Waals surface area contributed by atoms with Gasteiger partial charge >= 0.3 is 0 Å². The van der Waals surface area contributed by atoms with E-state index in [0.717, 1.165) is 0 Å². The fourth-order valence-electron chi connectivity index (χ4n) is 1.63. The Morgan fingerprint density at radius 3 is 2.76 bits per heavy atom. The number of halogens is 2. The zero-order chi connectivity index (χ0) is 15.2. The van der Waals surface area contributed by atoms with Gasteiger partial charge in [-0.05, 0) is 52.3 Å². The fourth-order valence-corrected chi connectivity index (χ4v) is 2.10. The summed E-state index contributed by atoms with van der Waals surface area (Å²) < 4.78 is 24.1. The predicted molar refractivity (Wildman–Crippen MR) is 81.2 cm³/mol. The Hall–Kier alpha value is -2.08. The number of carbonyl (C=O) groups excluding carboxylic acids is 1. The lowest BCUT2D eigenvalue weighted by Crippen LogP contribution is -2.20. The summed E-state index contributed by atoms with van der Waals surface area (Å²) in [6.45, 7) is -0.179. The second-order valence-corrected chi connectivity index (χ2v) is 5.00. The molecule has 0 atom stereocenters. The molecule has 0 saturated carbocycles. The molecule has 0 aliphatic carbocycles. The molecule has 0 radical (unpaired) electrons. The summed E-state index contributed by atoms with van der Waals surface area (Å²) in [6.07, 6.45) is 0. The largest absolute Gasteiger partial charge is 0.497 e. The zero-order valence-electron chi connectivity index (χ0n) is 11.2. The van der Waals surface area contributed by atoms with E-state index in [-0.39, 0.29) is 12.5 Å². The summed E-state index contributed by atoms with van der Waals surface area (Å²) in [6, 6.07) is 10.8. The van der Waals surface area contributed by atoms with E-state index in [1.807, 2.05) is 0 Å². The van der Waals surface area contributed by atoms with Crippen LogP contribution < -0.4 is 14.8 Å². The number of amides is 1. The van der Waals surface area contributed by atoms with Crippen molar-refractivity contribution in [1.82, 2.24) is 0 Å². The molecule has 0 bridgehead atoms. The van der Waals surface area contributed by atoms with E-state index in [1.54, 1.807) is 31.4 Å². The smallest absolute Gasteiger partial charge is 0.262 e. The number of methoxy groups -OCH3 is 1. The van der Waals surface area contributed by atoms with Gasteiger partial charge in [0.2, 0.25) is 0 Å². The standard InChI is InChI=1S/C15H13BrFNO3/c1-20-12-5-6-14(13(16)8-12)21-9-15(19)18-11-4-2-3-10(17)7-11/h2-8H,9H2,1H3,(H,18,19). The summed E-state index contributed by atoms with van der Waals surface area (Å²) in [5.41, 5.74) is 0.386. The van der Waals surface area contributed by atoms with Gasteiger partial charge in [0, 0.05) is 5.69 Å². The Morgan fingerprint density at radius 1 is 1.29 bits per heavy atom. The highest BCUT2D eigenvalue weighted by atomic mass is 79.9. The first-order valence-corrected chi connectivity index (χ1v) is 6.89. The van der Waals surface area contributed by atoms with Crippen LogP contribution in [0.15, 0.2) is 46.9 Å². The summed E-state index contributed by atoms with van der Waals surface area (Å²) in [5, 5.41) is 2.55. The number of rotatable bonds is 5. The Bertz CT molecular complexity index is 649. The molecule has 6 heteroatoms. The second-order valence-electron chi connectivity index (χ2n) is 4.14. The van der Waals surface area contributed by atoms with Gasteiger partial charge in [-0.25, -0.2) is 4.39 Å². The zero-order valence-corrected chi connectivity index (χ0v) is 12.8. The Balaban J connectivity index is 1.92. The highest BCUT2D eigenvalue weighted by Gasteiger charge is 2.07. The van der Waals surface area contributed by atoms with E-state index in [2.05, 4.69) is 21.2 Å². The van der Waals surface area contributed by atoms with Crippen molar-refractivity contribution >= 4 is 27.5 Å². The van der Waals surface area contributed by atoms with E-state index in [4.69, 9.17) is 9.47 Å². The molecule has 0 heterocycles. The van der Waals surface area contributed by atoms with Crippen LogP contribution in [-0.4, -0.2) is 19.6 Å². The molecule has 0 aromatic heterocycles. The van der Waals surface area contributed by atoms with Gasteiger partial charge < -0.3 is 14.8 Å². The molecule has 0 unspecified atom stereocenters. The molecule has 0 saturated heterocycles. The number of carbonyl (C=O) groups is 1. The van der Waals surface area contributed by atoms with Crippen LogP contribution in [-0.2, 0) is 4.79 Å². The van der Waals surface area contributed by atoms with Crippen LogP contribution in [0.4, 0.5) is 10.1 Å². The number of ether oxygens (including phenoxy) is 2. The van der Waals surface area contributed by atoms with E-state index in [0.29, 0.717) is 21.7 Å². The highest BCUT2D eigenvalue weighted by Crippen LogP contribution is 2.29. The van der Waals surface area contributed by atoms with Gasteiger partial charge in [-0.1, -0.05) is 6.07 Å². The van der Waals surface area contributed by atoms with Crippen LogP contribution in [0.2, 0.25) is 0 Å². The normalized spacial score (nSPS) is 10.0. The minimum Gasteiger partial charge on any atom is -0.497 e. The molecule has 1 amide bonds. The van der Waals surface area contributed by atoms with Crippen molar-refractivity contribution in [3.8, 4) is 11.5 Å². The molecule has 2 rings (SSSR count). The molecule has 110 valence electrons. The minimum atomic E-state index is -0.411. The first-order valence-electron chi connectivity index (χ1n) is 6.10. The lowest BCUT2D eigenvalue weighted by atomic mass is 10.3. The van der Waals surface area contributed by atoms with Crippen LogP contribution in [0, 0.1) is 5.82 Å². The first-order chi connectivity index (χ1) is 10.1. The Morgan fingerprint density at radius 2 is 2.10 bits per heavy atom. The van der Waals surface area contributed by atoms with Crippen molar-refractivity contribution in [2.75, 3.05) is 19.0 Å². The number of hydrogen-bond acceptors (Lipinski definition) is 3. The predicted octanol–water partition coefficient (Wildman–Crippen LogP) is 3.61. The molecular weight excluding hydrogens is 341 g/mol. The second kappa shape index (κ2) is 7.08. The maximum Gasteiger partial charge on any atom is 0.262 e. The molecule has 21 heavy (non-hydrogen) atoms. The van der Waals surface area contributed by atoms with Gasteiger partial charge in [0.15, 0.2) is 6.61 Å². The maximum absolute atomic E-state index is 13.0. The summed E-state index contributed by atoms with van der Waals surface area (Å²) in [7, 11) is 1.56. The van der Waals surface area contributed by atoms with Crippen LogP contribution in [0.5, 0.6) is 11.5 Å². The SMILES string of the molecule is COc1ccc(OCC(=O)Nc2cccc(F)c2)c(Br)c1. The van der Waals surface area contributed by atoms with Crippen molar-refractivity contribution in [3.63, 3.8) is 0 Å². The van der Waals surface area contributed by atoms with E-state index >= 15 is 0 Å². The number of hydrogen-bond donors (Lipinski definition) is 1. The maximum atomic E-state index is 13.0. The van der Waals surface area contributed by atoms with Crippen LogP contribution in [0.1, 0.15) is 0 Å². The van der Waals surface area contributed by atoms with E-state index in [1.165, 1.54) is 18.2 Å². The molecule has 2 aromatic carbocycles. The fraction of sp³-hybridized carbons (Fsp3) is 0.133. The summed E-state index contributed by atoms with van der Waals surface area (Å²) >= 11 is 3.33. The third-order valence-corrected chi connectivity index (χ3v) is 3.23. The van der Waals surface area contributed by atoms with Crippen molar-refractivity contribution in [2.24, 2.45) is 0 Å². The molecular formula is C15H13BrFNO3. The average molecular weight is 354 g/mol. The molecule has 0 fully saturated rings. The van der Waals surface area contributed by atoms with E-state index in [9.17, 15) is 9.18 Å². The Kier molecular flexibility index (Phi) is 5.16. The third kappa shape index (κ3) is 4.46. The van der Waals surface area contributed by atoms with Crippen molar-refractivity contribution in [1.29, 1.82) is 0 Å². The third-order valence-electron chi connectivity index (χ3n) is 2.61. The number of benzene rings is 2. The van der Waals surface area contributed by atoms with Gasteiger partial charge in [0.25, 0.3) is 5.91 Å². The molecule has 0 aliphatic rings. The van der Waals surface area contributed by atoms with Crippen LogP contribution in [0.25, 0.3) is 0 Å². The molecule has 2 aromatic rings. The van der Waals surface area contributed by atoms with Crippen molar-refractivity contribution in [2.45, 2.75) is 0 Å². The molecule has 1 N–H and O–H groups in total.